The summed E-state index contributed by atoms with van der Waals surface area (Å²) in [5.74, 6) is 0.286. The first-order valence-electron chi connectivity index (χ1n) is 9.53. The predicted octanol–water partition coefficient (Wildman–Crippen LogP) is 2.10. The van der Waals surface area contributed by atoms with E-state index < -0.39 is 0 Å². The van der Waals surface area contributed by atoms with Crippen LogP contribution in [0.15, 0.2) is 48.5 Å². The van der Waals surface area contributed by atoms with Crippen LogP contribution >= 0.6 is 0 Å². The molecule has 4 rings (SSSR count). The van der Waals surface area contributed by atoms with E-state index in [1.807, 2.05) is 42.5 Å². The zero-order valence-electron chi connectivity index (χ0n) is 15.6. The molecule has 7 nitrogen and oxygen atoms in total. The number of benzene rings is 2. The fraction of sp³-hybridized carbons (Fsp3) is 0.286. The van der Waals surface area contributed by atoms with Crippen molar-refractivity contribution in [1.82, 2.24) is 20.8 Å². The number of fused-ring (bicyclic) bond motifs is 2. The second kappa shape index (κ2) is 8.12. The SMILES string of the molecule is O=C(CCc1nc2ccccc2[nH]1)NNC(=O)CN1CCCc2ccccc21. The van der Waals surface area contributed by atoms with Gasteiger partial charge in [-0.25, -0.2) is 4.98 Å². The Bertz CT molecular complexity index is 964. The molecule has 0 saturated carbocycles. The topological polar surface area (TPSA) is 90.1 Å². The first-order chi connectivity index (χ1) is 13.7. The van der Waals surface area contributed by atoms with E-state index in [-0.39, 0.29) is 24.8 Å². The number of H-pyrrole nitrogens is 1. The predicted molar refractivity (Wildman–Crippen MR) is 108 cm³/mol. The monoisotopic (exact) mass is 377 g/mol. The number of carbonyl (C=O) groups is 2. The molecule has 0 radical (unpaired) electrons. The van der Waals surface area contributed by atoms with Gasteiger partial charge in [0.1, 0.15) is 5.82 Å². The van der Waals surface area contributed by atoms with E-state index in [1.165, 1.54) is 5.56 Å². The van der Waals surface area contributed by atoms with Crippen molar-refractivity contribution < 1.29 is 9.59 Å². The van der Waals surface area contributed by atoms with Crippen molar-refractivity contribution in [3.05, 3.63) is 59.9 Å². The Morgan fingerprint density at radius 1 is 1.04 bits per heavy atom. The van der Waals surface area contributed by atoms with E-state index in [4.69, 9.17) is 0 Å². The summed E-state index contributed by atoms with van der Waals surface area (Å²) in [6.07, 6.45) is 2.78. The van der Waals surface area contributed by atoms with E-state index in [1.54, 1.807) is 0 Å². The van der Waals surface area contributed by atoms with Crippen molar-refractivity contribution in [2.45, 2.75) is 25.7 Å². The van der Waals surface area contributed by atoms with E-state index in [9.17, 15) is 9.59 Å². The van der Waals surface area contributed by atoms with Crippen LogP contribution in [-0.4, -0.2) is 34.9 Å². The zero-order chi connectivity index (χ0) is 19.3. The average Bonchev–Trinajstić information content (AvgIpc) is 3.14. The molecule has 0 atom stereocenters. The minimum atomic E-state index is -0.243. The molecule has 0 bridgehead atoms. The van der Waals surface area contributed by atoms with Crippen LogP contribution in [0.1, 0.15) is 24.2 Å². The normalized spacial score (nSPS) is 13.2. The number of aromatic amines is 1. The van der Waals surface area contributed by atoms with E-state index in [0.717, 1.165) is 41.9 Å². The second-order valence-electron chi connectivity index (χ2n) is 6.95. The van der Waals surface area contributed by atoms with Crippen molar-refractivity contribution >= 4 is 28.5 Å². The van der Waals surface area contributed by atoms with Gasteiger partial charge in [0.2, 0.25) is 5.91 Å². The molecule has 2 heterocycles. The number of hydrogen-bond acceptors (Lipinski definition) is 4. The van der Waals surface area contributed by atoms with Gasteiger partial charge in [-0.3, -0.25) is 20.4 Å². The Kier molecular flexibility index (Phi) is 5.23. The maximum atomic E-state index is 12.2. The molecule has 0 fully saturated rings. The van der Waals surface area contributed by atoms with Crippen LogP contribution in [0.5, 0.6) is 0 Å². The number of carbonyl (C=O) groups excluding carboxylic acids is 2. The third-order valence-corrected chi connectivity index (χ3v) is 4.91. The minimum absolute atomic E-state index is 0.223. The minimum Gasteiger partial charge on any atom is -0.362 e. The summed E-state index contributed by atoms with van der Waals surface area (Å²) >= 11 is 0. The summed E-state index contributed by atoms with van der Waals surface area (Å²) in [6.45, 7) is 1.06. The van der Waals surface area contributed by atoms with E-state index in [0.29, 0.717) is 6.42 Å². The van der Waals surface area contributed by atoms with Crippen LogP contribution in [0.3, 0.4) is 0 Å². The van der Waals surface area contributed by atoms with Crippen LogP contribution in [0.2, 0.25) is 0 Å². The highest BCUT2D eigenvalue weighted by Crippen LogP contribution is 2.26. The number of aryl methyl sites for hydroxylation is 2. The summed E-state index contributed by atoms with van der Waals surface area (Å²) < 4.78 is 0. The number of nitrogens with zero attached hydrogens (tertiary/aromatic N) is 2. The third kappa shape index (κ3) is 4.14. The highest BCUT2D eigenvalue weighted by Gasteiger charge is 2.18. The van der Waals surface area contributed by atoms with Crippen LogP contribution in [0.25, 0.3) is 11.0 Å². The fourth-order valence-corrected chi connectivity index (χ4v) is 3.55. The molecule has 3 aromatic rings. The number of hydrogen-bond donors (Lipinski definition) is 3. The van der Waals surface area contributed by atoms with Crippen molar-refractivity contribution in [2.24, 2.45) is 0 Å². The summed E-state index contributed by atoms with van der Waals surface area (Å²) in [6, 6.07) is 15.9. The molecule has 0 saturated heterocycles. The largest absolute Gasteiger partial charge is 0.362 e. The molecule has 0 unspecified atom stereocenters. The molecule has 2 aromatic carbocycles. The first-order valence-corrected chi connectivity index (χ1v) is 9.53. The molecule has 1 aliphatic rings. The van der Waals surface area contributed by atoms with Gasteiger partial charge in [-0.05, 0) is 36.6 Å². The number of imidazole rings is 1. The average molecular weight is 377 g/mol. The molecule has 144 valence electrons. The van der Waals surface area contributed by atoms with Crippen LogP contribution < -0.4 is 15.8 Å². The third-order valence-electron chi connectivity index (χ3n) is 4.91. The number of amides is 2. The zero-order valence-corrected chi connectivity index (χ0v) is 15.6. The Morgan fingerprint density at radius 3 is 2.71 bits per heavy atom. The van der Waals surface area contributed by atoms with Gasteiger partial charge in [0.25, 0.3) is 5.91 Å². The summed E-state index contributed by atoms with van der Waals surface area (Å²) in [5, 5.41) is 0. The standard InChI is InChI=1S/C21H23N5O2/c27-20(12-11-19-22-16-8-2-3-9-17(16)23-19)24-25-21(28)14-26-13-5-7-15-6-1-4-10-18(15)26/h1-4,6,8-10H,5,7,11-14H2,(H,22,23)(H,24,27)(H,25,28). The lowest BCUT2D eigenvalue weighted by atomic mass is 10.0. The Balaban J connectivity index is 1.24. The number of nitrogens with one attached hydrogen (secondary N) is 3. The van der Waals surface area contributed by atoms with Crippen molar-refractivity contribution in [3.8, 4) is 0 Å². The van der Waals surface area contributed by atoms with Gasteiger partial charge in [0.15, 0.2) is 0 Å². The molecule has 0 aliphatic carbocycles. The van der Waals surface area contributed by atoms with Crippen molar-refractivity contribution in [2.75, 3.05) is 18.0 Å². The van der Waals surface area contributed by atoms with Crippen LogP contribution in [0.4, 0.5) is 5.69 Å². The van der Waals surface area contributed by atoms with Gasteiger partial charge in [-0.2, -0.15) is 0 Å². The molecule has 1 aromatic heterocycles. The smallest absolute Gasteiger partial charge is 0.257 e. The lowest BCUT2D eigenvalue weighted by Crippen LogP contribution is -2.47. The van der Waals surface area contributed by atoms with Gasteiger partial charge < -0.3 is 9.88 Å². The van der Waals surface area contributed by atoms with Gasteiger partial charge in [0.05, 0.1) is 17.6 Å². The number of para-hydroxylation sites is 3. The quantitative estimate of drug-likeness (QED) is 0.594. The maximum absolute atomic E-state index is 12.2. The van der Waals surface area contributed by atoms with E-state index in [2.05, 4.69) is 31.8 Å². The molecule has 0 spiro atoms. The van der Waals surface area contributed by atoms with E-state index >= 15 is 0 Å². The van der Waals surface area contributed by atoms with Crippen molar-refractivity contribution in [1.29, 1.82) is 0 Å². The summed E-state index contributed by atoms with van der Waals surface area (Å²) in [7, 11) is 0. The maximum Gasteiger partial charge on any atom is 0.257 e. The number of hydrazine groups is 1. The first kappa shape index (κ1) is 18.0. The molecular formula is C21H23N5O2. The Hall–Kier alpha value is -3.35. The lowest BCUT2D eigenvalue weighted by molar-refractivity contribution is -0.128. The Labute approximate surface area is 163 Å². The van der Waals surface area contributed by atoms with Crippen LogP contribution in [0, 0.1) is 0 Å². The summed E-state index contributed by atoms with van der Waals surface area (Å²) in [5.41, 5.74) is 9.20. The highest BCUT2D eigenvalue weighted by atomic mass is 16.2. The molecule has 28 heavy (non-hydrogen) atoms. The van der Waals surface area contributed by atoms with Gasteiger partial charge >= 0.3 is 0 Å². The number of rotatable bonds is 5. The van der Waals surface area contributed by atoms with Gasteiger partial charge in [0, 0.05) is 25.1 Å². The number of anilines is 1. The molecule has 7 heteroatoms. The Morgan fingerprint density at radius 2 is 1.82 bits per heavy atom. The molecule has 2 amide bonds. The second-order valence-corrected chi connectivity index (χ2v) is 6.95. The molecular weight excluding hydrogens is 354 g/mol. The fourth-order valence-electron chi connectivity index (χ4n) is 3.55. The van der Waals surface area contributed by atoms with Crippen molar-refractivity contribution in [3.63, 3.8) is 0 Å². The van der Waals surface area contributed by atoms with Crippen LogP contribution in [-0.2, 0) is 22.4 Å². The summed E-state index contributed by atoms with van der Waals surface area (Å²) in [4.78, 5) is 34.0. The molecule has 1 aliphatic heterocycles. The number of aromatic nitrogens is 2. The van der Waals surface area contributed by atoms with Gasteiger partial charge in [-0.15, -0.1) is 0 Å². The highest BCUT2D eigenvalue weighted by molar-refractivity contribution is 5.85. The van der Waals surface area contributed by atoms with Gasteiger partial charge in [-0.1, -0.05) is 30.3 Å². The molecule has 3 N–H and O–H groups in total. The lowest BCUT2D eigenvalue weighted by Gasteiger charge is -2.30.